The van der Waals surface area contributed by atoms with Gasteiger partial charge in [0.25, 0.3) is 0 Å². The second-order valence-corrected chi connectivity index (χ2v) is 6.69. The molecule has 0 bridgehead atoms. The highest BCUT2D eigenvalue weighted by atomic mass is 35.5. The van der Waals surface area contributed by atoms with E-state index in [1.54, 1.807) is 0 Å². The SMILES string of the molecule is CC(C)CC[C@H](c1ccnc2ccccc12)N1CCNCC1.Cl.Cl. The van der Waals surface area contributed by atoms with Gasteiger partial charge >= 0.3 is 0 Å². The largest absolute Gasteiger partial charge is 0.314 e. The van der Waals surface area contributed by atoms with Crippen LogP contribution in [-0.4, -0.2) is 36.1 Å². The van der Waals surface area contributed by atoms with Gasteiger partial charge in [0.05, 0.1) is 5.52 Å². The molecule has 1 aromatic heterocycles. The summed E-state index contributed by atoms with van der Waals surface area (Å²) in [5, 5.41) is 4.79. The number of piperazine rings is 1. The predicted octanol–water partition coefficient (Wildman–Crippen LogP) is 4.46. The lowest BCUT2D eigenvalue weighted by Gasteiger charge is -2.36. The van der Waals surface area contributed by atoms with E-state index in [9.17, 15) is 0 Å². The fourth-order valence-electron chi connectivity index (χ4n) is 3.43. The minimum Gasteiger partial charge on any atom is -0.314 e. The Morgan fingerprint density at radius 1 is 1.04 bits per heavy atom. The zero-order valence-electron chi connectivity index (χ0n) is 14.6. The van der Waals surface area contributed by atoms with Crippen molar-refractivity contribution in [1.29, 1.82) is 0 Å². The number of fused-ring (bicyclic) bond motifs is 1. The van der Waals surface area contributed by atoms with Gasteiger partial charge in [0.15, 0.2) is 0 Å². The molecular formula is C19H29Cl2N3. The van der Waals surface area contributed by atoms with Crippen molar-refractivity contribution < 1.29 is 0 Å². The molecule has 1 aliphatic rings. The first-order chi connectivity index (χ1) is 10.8. The van der Waals surface area contributed by atoms with Crippen molar-refractivity contribution in [2.45, 2.75) is 32.7 Å². The third-order valence-electron chi connectivity index (χ3n) is 4.65. The average molecular weight is 370 g/mol. The second-order valence-electron chi connectivity index (χ2n) is 6.69. The number of nitrogens with zero attached hydrogens (tertiary/aromatic N) is 2. The second kappa shape index (κ2) is 10.2. The summed E-state index contributed by atoms with van der Waals surface area (Å²) < 4.78 is 0. The highest BCUT2D eigenvalue weighted by Crippen LogP contribution is 2.32. The summed E-state index contributed by atoms with van der Waals surface area (Å²) in [5.74, 6) is 0.749. The van der Waals surface area contributed by atoms with Crippen LogP contribution in [0.2, 0.25) is 0 Å². The molecule has 5 heteroatoms. The van der Waals surface area contributed by atoms with Crippen LogP contribution in [0.4, 0.5) is 0 Å². The van der Waals surface area contributed by atoms with E-state index in [1.807, 2.05) is 6.20 Å². The van der Waals surface area contributed by atoms with Crippen LogP contribution in [0.25, 0.3) is 10.9 Å². The summed E-state index contributed by atoms with van der Waals surface area (Å²) in [5.41, 5.74) is 2.57. The molecular weight excluding hydrogens is 341 g/mol. The molecule has 0 radical (unpaired) electrons. The first-order valence-corrected chi connectivity index (χ1v) is 8.54. The zero-order valence-corrected chi connectivity index (χ0v) is 16.2. The Bertz CT molecular complexity index is 607. The molecule has 1 N–H and O–H groups in total. The maximum Gasteiger partial charge on any atom is 0.0705 e. The molecule has 1 fully saturated rings. The van der Waals surface area contributed by atoms with Crippen LogP contribution >= 0.6 is 24.8 Å². The third kappa shape index (κ3) is 5.06. The molecule has 1 atom stereocenters. The summed E-state index contributed by atoms with van der Waals surface area (Å²) in [6.07, 6.45) is 4.47. The molecule has 0 amide bonds. The summed E-state index contributed by atoms with van der Waals surface area (Å²) in [6, 6.07) is 11.3. The predicted molar refractivity (Wildman–Crippen MR) is 107 cm³/mol. The van der Waals surface area contributed by atoms with Gasteiger partial charge in [0.1, 0.15) is 0 Å². The van der Waals surface area contributed by atoms with Gasteiger partial charge in [-0.15, -0.1) is 24.8 Å². The van der Waals surface area contributed by atoms with E-state index >= 15 is 0 Å². The molecule has 2 aromatic rings. The Morgan fingerprint density at radius 3 is 2.46 bits per heavy atom. The van der Waals surface area contributed by atoms with Gasteiger partial charge in [-0.05, 0) is 36.5 Å². The third-order valence-corrected chi connectivity index (χ3v) is 4.65. The van der Waals surface area contributed by atoms with Gasteiger partial charge in [-0.25, -0.2) is 0 Å². The molecule has 1 saturated heterocycles. The smallest absolute Gasteiger partial charge is 0.0705 e. The van der Waals surface area contributed by atoms with Crippen LogP contribution in [0.3, 0.4) is 0 Å². The monoisotopic (exact) mass is 369 g/mol. The molecule has 0 spiro atoms. The fourth-order valence-corrected chi connectivity index (χ4v) is 3.43. The number of benzene rings is 1. The molecule has 0 saturated carbocycles. The number of halogens is 2. The van der Waals surface area contributed by atoms with Crippen molar-refractivity contribution in [1.82, 2.24) is 15.2 Å². The molecule has 24 heavy (non-hydrogen) atoms. The lowest BCUT2D eigenvalue weighted by atomic mass is 9.93. The highest BCUT2D eigenvalue weighted by molar-refractivity contribution is 5.85. The van der Waals surface area contributed by atoms with Gasteiger partial charge in [0.2, 0.25) is 0 Å². The quantitative estimate of drug-likeness (QED) is 0.842. The van der Waals surface area contributed by atoms with E-state index in [1.165, 1.54) is 23.8 Å². The van der Waals surface area contributed by atoms with Crippen molar-refractivity contribution in [3.8, 4) is 0 Å². The number of hydrogen-bond donors (Lipinski definition) is 1. The summed E-state index contributed by atoms with van der Waals surface area (Å²) in [7, 11) is 0. The maximum absolute atomic E-state index is 4.53. The number of hydrogen-bond acceptors (Lipinski definition) is 3. The van der Waals surface area contributed by atoms with E-state index in [0.29, 0.717) is 6.04 Å². The van der Waals surface area contributed by atoms with Gasteiger partial charge in [-0.1, -0.05) is 32.0 Å². The van der Waals surface area contributed by atoms with Crippen molar-refractivity contribution in [2.24, 2.45) is 5.92 Å². The Labute approximate surface area is 158 Å². The lowest BCUT2D eigenvalue weighted by molar-refractivity contribution is 0.161. The maximum atomic E-state index is 4.53. The zero-order chi connectivity index (χ0) is 15.4. The molecule has 2 heterocycles. The van der Waals surface area contributed by atoms with Crippen molar-refractivity contribution in [3.05, 3.63) is 42.1 Å². The summed E-state index contributed by atoms with van der Waals surface area (Å²) in [4.78, 5) is 7.19. The number of rotatable bonds is 5. The van der Waals surface area contributed by atoms with Crippen LogP contribution < -0.4 is 5.32 Å². The number of aromatic nitrogens is 1. The number of nitrogens with one attached hydrogen (secondary N) is 1. The average Bonchev–Trinajstić information content (AvgIpc) is 2.56. The van der Waals surface area contributed by atoms with E-state index in [4.69, 9.17) is 0 Å². The molecule has 3 rings (SSSR count). The van der Waals surface area contributed by atoms with E-state index in [-0.39, 0.29) is 24.8 Å². The first kappa shape index (κ1) is 21.2. The molecule has 134 valence electrons. The topological polar surface area (TPSA) is 28.2 Å². The fraction of sp³-hybridized carbons (Fsp3) is 0.526. The molecule has 0 unspecified atom stereocenters. The van der Waals surface area contributed by atoms with Crippen LogP contribution in [0.5, 0.6) is 0 Å². The van der Waals surface area contributed by atoms with Gasteiger partial charge in [0, 0.05) is 43.8 Å². The van der Waals surface area contributed by atoms with Crippen molar-refractivity contribution >= 4 is 35.7 Å². The minimum absolute atomic E-state index is 0. The van der Waals surface area contributed by atoms with Gasteiger partial charge < -0.3 is 5.32 Å². The van der Waals surface area contributed by atoms with Crippen LogP contribution in [-0.2, 0) is 0 Å². The van der Waals surface area contributed by atoms with Crippen LogP contribution in [0.1, 0.15) is 38.3 Å². The molecule has 1 aromatic carbocycles. The van der Waals surface area contributed by atoms with Gasteiger partial charge in [-0.3, -0.25) is 9.88 Å². The van der Waals surface area contributed by atoms with E-state index in [0.717, 1.165) is 37.6 Å². The molecule has 0 aliphatic carbocycles. The van der Waals surface area contributed by atoms with Crippen molar-refractivity contribution in [2.75, 3.05) is 26.2 Å². The van der Waals surface area contributed by atoms with E-state index < -0.39 is 0 Å². The van der Waals surface area contributed by atoms with Crippen LogP contribution in [0, 0.1) is 5.92 Å². The Balaban J connectivity index is 0.00000144. The Kier molecular flexibility index (Phi) is 8.99. The summed E-state index contributed by atoms with van der Waals surface area (Å²) in [6.45, 7) is 9.11. The Hall–Kier alpha value is -0.870. The Morgan fingerprint density at radius 2 is 1.75 bits per heavy atom. The van der Waals surface area contributed by atoms with Crippen LogP contribution in [0.15, 0.2) is 36.5 Å². The minimum atomic E-state index is 0. The molecule has 1 aliphatic heterocycles. The number of pyridine rings is 1. The lowest BCUT2D eigenvalue weighted by Crippen LogP contribution is -2.45. The normalized spacial score (nSPS) is 16.5. The first-order valence-electron chi connectivity index (χ1n) is 8.54. The standard InChI is InChI=1S/C19H27N3.2ClH/c1-15(2)7-8-19(22-13-11-20-12-14-22)17-9-10-21-18-6-4-3-5-16(17)18;;/h3-6,9-10,15,19-20H,7-8,11-14H2,1-2H3;2*1H/t19-;;/m1../s1. The molecule has 3 nitrogen and oxygen atoms in total. The number of para-hydroxylation sites is 1. The highest BCUT2D eigenvalue weighted by Gasteiger charge is 2.23. The van der Waals surface area contributed by atoms with Gasteiger partial charge in [-0.2, -0.15) is 0 Å². The van der Waals surface area contributed by atoms with Crippen molar-refractivity contribution in [3.63, 3.8) is 0 Å². The van der Waals surface area contributed by atoms with E-state index in [2.05, 4.69) is 59.4 Å². The summed E-state index contributed by atoms with van der Waals surface area (Å²) >= 11 is 0.